The predicted octanol–water partition coefficient (Wildman–Crippen LogP) is 2.77. The maximum Gasteiger partial charge on any atom is 0.328 e. The van der Waals surface area contributed by atoms with E-state index in [0.29, 0.717) is 28.7 Å². The van der Waals surface area contributed by atoms with Crippen LogP contribution in [0, 0.1) is 17.1 Å². The first kappa shape index (κ1) is 23.2. The zero-order chi connectivity index (χ0) is 25.6. The van der Waals surface area contributed by atoms with E-state index in [1.807, 2.05) is 6.07 Å². The van der Waals surface area contributed by atoms with Crippen molar-refractivity contribution < 1.29 is 18.7 Å². The molecule has 0 N–H and O–H groups in total. The van der Waals surface area contributed by atoms with Gasteiger partial charge in [-0.1, -0.05) is 6.07 Å². The molecule has 10 heteroatoms. The summed E-state index contributed by atoms with van der Waals surface area (Å²) in [6.07, 6.45) is 5.58. The number of aromatic nitrogens is 4. The third-order valence-electron chi connectivity index (χ3n) is 6.67. The Hall–Kier alpha value is -4.52. The zero-order valence-electron chi connectivity index (χ0n) is 20.0. The summed E-state index contributed by atoms with van der Waals surface area (Å²) < 4.78 is 23.4. The van der Waals surface area contributed by atoms with Crippen molar-refractivity contribution >= 4 is 22.8 Å². The van der Waals surface area contributed by atoms with E-state index in [2.05, 4.69) is 16.3 Å². The van der Waals surface area contributed by atoms with E-state index in [4.69, 9.17) is 4.74 Å². The van der Waals surface area contributed by atoms with Crippen LogP contribution in [0.1, 0.15) is 27.0 Å². The van der Waals surface area contributed by atoms with Gasteiger partial charge in [-0.15, -0.1) is 0 Å². The van der Waals surface area contributed by atoms with Gasteiger partial charge >= 0.3 is 5.97 Å². The van der Waals surface area contributed by atoms with Crippen molar-refractivity contribution in [2.24, 2.45) is 14.1 Å². The maximum atomic E-state index is 15.2. The van der Waals surface area contributed by atoms with Gasteiger partial charge < -0.3 is 9.64 Å². The average Bonchev–Trinajstić information content (AvgIpc) is 3.46. The molecule has 1 aliphatic heterocycles. The van der Waals surface area contributed by atoms with Gasteiger partial charge in [0.2, 0.25) is 0 Å². The second-order valence-electron chi connectivity index (χ2n) is 8.80. The van der Waals surface area contributed by atoms with Crippen molar-refractivity contribution in [3.63, 3.8) is 0 Å². The number of amides is 1. The molecule has 1 atom stereocenters. The maximum absolute atomic E-state index is 15.2. The molecule has 0 saturated heterocycles. The molecular formula is C26H23FN6O3. The van der Waals surface area contributed by atoms with Gasteiger partial charge in [0.05, 0.1) is 42.2 Å². The van der Waals surface area contributed by atoms with Gasteiger partial charge in [-0.2, -0.15) is 15.5 Å². The first-order valence-corrected chi connectivity index (χ1v) is 11.4. The normalized spacial score (nSPS) is 14.0. The van der Waals surface area contributed by atoms with Crippen molar-refractivity contribution in [2.75, 3.05) is 13.7 Å². The second kappa shape index (κ2) is 8.92. The molecule has 4 aromatic rings. The molecule has 1 aliphatic rings. The fourth-order valence-electron chi connectivity index (χ4n) is 4.91. The number of ether oxygens (including phenoxy) is 1. The molecule has 0 spiro atoms. The van der Waals surface area contributed by atoms with E-state index >= 15 is 4.39 Å². The summed E-state index contributed by atoms with van der Waals surface area (Å²) in [4.78, 5) is 27.7. The van der Waals surface area contributed by atoms with Crippen LogP contribution in [0.3, 0.4) is 0 Å². The lowest BCUT2D eigenvalue weighted by Gasteiger charge is -2.34. The Kier molecular flexibility index (Phi) is 5.76. The van der Waals surface area contributed by atoms with E-state index < -0.39 is 23.7 Å². The van der Waals surface area contributed by atoms with Crippen molar-refractivity contribution in [3.05, 3.63) is 70.9 Å². The van der Waals surface area contributed by atoms with Gasteiger partial charge in [0.1, 0.15) is 11.9 Å². The Morgan fingerprint density at radius 1 is 1.22 bits per heavy atom. The molecule has 5 rings (SSSR count). The summed E-state index contributed by atoms with van der Waals surface area (Å²) in [5.74, 6) is -1.84. The average molecular weight is 487 g/mol. The fourth-order valence-corrected chi connectivity index (χ4v) is 4.91. The first-order chi connectivity index (χ1) is 17.3. The van der Waals surface area contributed by atoms with Crippen molar-refractivity contribution in [1.29, 1.82) is 5.26 Å². The number of methoxy groups -OCH3 is 1. The minimum atomic E-state index is -0.927. The van der Waals surface area contributed by atoms with Crippen molar-refractivity contribution in [2.45, 2.75) is 18.9 Å². The third-order valence-corrected chi connectivity index (χ3v) is 6.67. The number of rotatable bonds is 5. The summed E-state index contributed by atoms with van der Waals surface area (Å²) >= 11 is 0. The lowest BCUT2D eigenvalue weighted by Crippen LogP contribution is -2.50. The lowest BCUT2D eigenvalue weighted by molar-refractivity contribution is -0.146. The quantitative estimate of drug-likeness (QED) is 0.402. The van der Waals surface area contributed by atoms with Crippen molar-refractivity contribution in [3.8, 4) is 17.2 Å². The van der Waals surface area contributed by atoms with Crippen LogP contribution in [-0.4, -0.2) is 56.0 Å². The highest BCUT2D eigenvalue weighted by Crippen LogP contribution is 2.36. The molecule has 3 heterocycles. The van der Waals surface area contributed by atoms with Crippen LogP contribution in [0.4, 0.5) is 4.39 Å². The Morgan fingerprint density at radius 2 is 2.03 bits per heavy atom. The minimum absolute atomic E-state index is 0.0889. The van der Waals surface area contributed by atoms with Crippen LogP contribution >= 0.6 is 0 Å². The third kappa shape index (κ3) is 3.79. The number of aryl methyl sites for hydroxylation is 2. The smallest absolute Gasteiger partial charge is 0.328 e. The number of carbonyl (C=O) groups is 2. The van der Waals surface area contributed by atoms with Gasteiger partial charge in [-0.05, 0) is 41.3 Å². The number of fused-ring (bicyclic) bond motifs is 2. The molecule has 0 unspecified atom stereocenters. The van der Waals surface area contributed by atoms with E-state index in [0.717, 1.165) is 16.5 Å². The molecule has 1 amide bonds. The molecule has 0 aliphatic carbocycles. The van der Waals surface area contributed by atoms with Crippen LogP contribution in [0.5, 0.6) is 0 Å². The molecule has 2 aromatic carbocycles. The van der Waals surface area contributed by atoms with Gasteiger partial charge in [-0.25, -0.2) is 9.18 Å². The number of esters is 1. The highest BCUT2D eigenvalue weighted by atomic mass is 19.1. The topological polar surface area (TPSA) is 106 Å². The van der Waals surface area contributed by atoms with E-state index in [1.54, 1.807) is 54.2 Å². The summed E-state index contributed by atoms with van der Waals surface area (Å²) in [7, 11) is 4.81. The Morgan fingerprint density at radius 3 is 2.72 bits per heavy atom. The lowest BCUT2D eigenvalue weighted by atomic mass is 9.87. The van der Waals surface area contributed by atoms with Gasteiger partial charge in [-0.3, -0.25) is 14.2 Å². The van der Waals surface area contributed by atoms with Gasteiger partial charge in [0.15, 0.2) is 0 Å². The Labute approximate surface area is 206 Å². The number of nitrogens with zero attached hydrogens (tertiary/aromatic N) is 6. The predicted molar refractivity (Wildman–Crippen MR) is 128 cm³/mol. The minimum Gasteiger partial charge on any atom is -0.467 e. The van der Waals surface area contributed by atoms with Crippen molar-refractivity contribution in [1.82, 2.24) is 24.5 Å². The summed E-state index contributed by atoms with van der Waals surface area (Å²) in [6.45, 7) is 0.194. The van der Waals surface area contributed by atoms with Crippen LogP contribution < -0.4 is 0 Å². The fraction of sp³-hybridized carbons (Fsp3) is 0.269. The largest absolute Gasteiger partial charge is 0.467 e. The van der Waals surface area contributed by atoms with E-state index in [1.165, 1.54) is 18.1 Å². The molecule has 36 heavy (non-hydrogen) atoms. The second-order valence-corrected chi connectivity index (χ2v) is 8.80. The van der Waals surface area contributed by atoms with E-state index in [9.17, 15) is 14.9 Å². The number of nitriles is 1. The zero-order valence-corrected chi connectivity index (χ0v) is 20.0. The molecule has 0 radical (unpaired) electrons. The summed E-state index contributed by atoms with van der Waals surface area (Å²) in [6, 6.07) is 7.70. The molecule has 2 aromatic heterocycles. The highest BCUT2D eigenvalue weighted by molar-refractivity contribution is 6.02. The number of carbonyl (C=O) groups excluding carboxylic acids is 2. The number of benzene rings is 2. The molecule has 0 bridgehead atoms. The standard InChI is InChI=1S/C26H23FN6O3/c1-31-14-15(12-29-31)8-23(26(35)36-3)33-7-6-19-18(4-5-21(27)24(19)25(33)34)20-9-17-13-30-32(2)22(17)10-16(20)11-28/h4-5,9-10,12-14,23H,6-8H2,1-3H3/t23-/m1/s1. The summed E-state index contributed by atoms with van der Waals surface area (Å²) in [5, 5.41) is 19.0. The molecule has 0 saturated carbocycles. The molecule has 182 valence electrons. The van der Waals surface area contributed by atoms with Crippen LogP contribution in [0.25, 0.3) is 22.0 Å². The monoisotopic (exact) mass is 486 g/mol. The number of hydrogen-bond acceptors (Lipinski definition) is 6. The SMILES string of the molecule is COC(=O)[C@@H](Cc1cnn(C)c1)N1CCc2c(-c3cc4cnn(C)c4cc3C#N)ccc(F)c2C1=O. The highest BCUT2D eigenvalue weighted by Gasteiger charge is 2.37. The van der Waals surface area contributed by atoms with Gasteiger partial charge in [0, 0.05) is 44.2 Å². The Balaban J connectivity index is 1.59. The summed E-state index contributed by atoms with van der Waals surface area (Å²) in [5.41, 5.74) is 3.60. The van der Waals surface area contributed by atoms with Gasteiger partial charge in [0.25, 0.3) is 5.91 Å². The first-order valence-electron chi connectivity index (χ1n) is 11.4. The number of halogens is 1. The Bertz CT molecular complexity index is 1560. The van der Waals surface area contributed by atoms with Crippen LogP contribution in [0.2, 0.25) is 0 Å². The molecular weight excluding hydrogens is 463 g/mol. The van der Waals surface area contributed by atoms with E-state index in [-0.39, 0.29) is 18.5 Å². The van der Waals surface area contributed by atoms with Crippen LogP contribution in [0.15, 0.2) is 42.9 Å². The number of hydrogen-bond donors (Lipinski definition) is 0. The van der Waals surface area contributed by atoms with Crippen LogP contribution in [-0.2, 0) is 36.5 Å². The molecule has 0 fully saturated rings. The molecule has 9 nitrogen and oxygen atoms in total.